The maximum Gasteiger partial charge on any atom is 0.302 e. The zero-order chi connectivity index (χ0) is 18.8. The molecule has 1 aromatic rings. The van der Waals surface area contributed by atoms with Crippen LogP contribution in [0.1, 0.15) is 39.0 Å². The third-order valence-corrected chi connectivity index (χ3v) is 12.7. The molecule has 1 aromatic carbocycles. The number of carbonyl (C=O) groups excluding carboxylic acids is 1. The molecule has 1 saturated heterocycles. The highest BCUT2D eigenvalue weighted by Gasteiger charge is 2.54. The Labute approximate surface area is 162 Å². The Kier molecular flexibility index (Phi) is 6.00. The largest absolute Gasteiger partial charge is 0.461 e. The average Bonchev–Trinajstić information content (AvgIpc) is 2.69. The standard InChI is InChI=1S/C21H30O3SSi/c1-16(22)24-18-12-8-5-9-13-20-21(23,15-14-19(18)25-20)26(2,3)17-10-6-4-7-11-17/h4-7,9-11,18-20,23H,8,12-15H2,1-3H3/b9-5+. The minimum absolute atomic E-state index is 0.0474. The summed E-state index contributed by atoms with van der Waals surface area (Å²) >= 11 is 1.86. The van der Waals surface area contributed by atoms with E-state index in [-0.39, 0.29) is 22.6 Å². The smallest absolute Gasteiger partial charge is 0.302 e. The molecule has 4 atom stereocenters. The molecule has 1 fully saturated rings. The Balaban J connectivity index is 1.90. The molecule has 1 N–H and O–H groups in total. The van der Waals surface area contributed by atoms with Gasteiger partial charge in [0.2, 0.25) is 0 Å². The Morgan fingerprint density at radius 1 is 1.23 bits per heavy atom. The number of carbonyl (C=O) groups is 1. The van der Waals surface area contributed by atoms with E-state index in [1.165, 1.54) is 12.1 Å². The number of esters is 1. The van der Waals surface area contributed by atoms with E-state index in [4.69, 9.17) is 4.74 Å². The first-order valence-electron chi connectivity index (χ1n) is 9.60. The van der Waals surface area contributed by atoms with Crippen molar-refractivity contribution in [3.8, 4) is 0 Å². The van der Waals surface area contributed by atoms with Crippen LogP contribution in [-0.2, 0) is 9.53 Å². The van der Waals surface area contributed by atoms with Gasteiger partial charge < -0.3 is 9.84 Å². The van der Waals surface area contributed by atoms with Gasteiger partial charge in [-0.2, -0.15) is 0 Å². The summed E-state index contributed by atoms with van der Waals surface area (Å²) in [6.45, 7) is 6.08. The summed E-state index contributed by atoms with van der Waals surface area (Å²) in [6.07, 6.45) is 8.74. The third kappa shape index (κ3) is 3.80. The van der Waals surface area contributed by atoms with E-state index in [9.17, 15) is 9.90 Å². The van der Waals surface area contributed by atoms with Crippen LogP contribution >= 0.6 is 11.8 Å². The molecular formula is C21H30O3SSi. The fraction of sp³-hybridized carbons (Fsp3) is 0.571. The van der Waals surface area contributed by atoms with E-state index < -0.39 is 13.3 Å². The number of hydrogen-bond donors (Lipinski definition) is 1. The van der Waals surface area contributed by atoms with E-state index >= 15 is 0 Å². The molecule has 26 heavy (non-hydrogen) atoms. The van der Waals surface area contributed by atoms with Gasteiger partial charge in [0.05, 0.1) is 5.22 Å². The molecule has 5 heteroatoms. The quantitative estimate of drug-likeness (QED) is 0.484. The van der Waals surface area contributed by atoms with Crippen molar-refractivity contribution in [3.63, 3.8) is 0 Å². The molecular weight excluding hydrogens is 360 g/mol. The predicted octanol–water partition coefficient (Wildman–Crippen LogP) is 3.81. The van der Waals surface area contributed by atoms with E-state index in [1.807, 2.05) is 17.8 Å². The number of fused-ring (bicyclic) bond motifs is 2. The van der Waals surface area contributed by atoms with Crippen LogP contribution in [0.3, 0.4) is 0 Å². The van der Waals surface area contributed by atoms with Crippen molar-refractivity contribution < 1.29 is 14.6 Å². The van der Waals surface area contributed by atoms with Crippen LogP contribution in [0.15, 0.2) is 42.5 Å². The van der Waals surface area contributed by atoms with Crippen LogP contribution in [0, 0.1) is 0 Å². The molecule has 3 rings (SSSR count). The van der Waals surface area contributed by atoms with Crippen molar-refractivity contribution >= 4 is 31.0 Å². The maximum absolute atomic E-state index is 11.9. The number of hydrogen-bond acceptors (Lipinski definition) is 4. The summed E-state index contributed by atoms with van der Waals surface area (Å²) < 4.78 is 5.64. The topological polar surface area (TPSA) is 46.5 Å². The summed E-state index contributed by atoms with van der Waals surface area (Å²) in [5, 5.41) is 13.0. The molecule has 0 saturated carbocycles. The second-order valence-corrected chi connectivity index (χ2v) is 14.2. The SMILES string of the molecule is CC(=O)OC1CC/C=C/CC2SC1CCC2(O)[Si](C)(C)c1ccccc1. The molecule has 3 nitrogen and oxygen atoms in total. The van der Waals surface area contributed by atoms with Gasteiger partial charge in [-0.3, -0.25) is 4.79 Å². The molecule has 0 aliphatic carbocycles. The van der Waals surface area contributed by atoms with Crippen molar-refractivity contribution in [2.24, 2.45) is 0 Å². The zero-order valence-corrected chi connectivity index (χ0v) is 17.8. The molecule has 0 radical (unpaired) electrons. The number of aliphatic hydroxyl groups is 1. The van der Waals surface area contributed by atoms with Crippen molar-refractivity contribution in [1.82, 2.24) is 0 Å². The van der Waals surface area contributed by atoms with Crippen molar-refractivity contribution in [2.75, 3.05) is 0 Å². The summed E-state index contributed by atoms with van der Waals surface area (Å²) in [6, 6.07) is 10.5. The van der Waals surface area contributed by atoms with E-state index in [0.29, 0.717) is 0 Å². The first-order valence-corrected chi connectivity index (χ1v) is 13.5. The first-order chi connectivity index (χ1) is 12.3. The Bertz CT molecular complexity index is 660. The van der Waals surface area contributed by atoms with Crippen LogP contribution in [-0.4, -0.2) is 41.0 Å². The summed E-state index contributed by atoms with van der Waals surface area (Å²) in [5.74, 6) is -0.199. The number of thioether (sulfide) groups is 1. The lowest BCUT2D eigenvalue weighted by atomic mass is 10.0. The normalized spacial score (nSPS) is 33.5. The fourth-order valence-corrected chi connectivity index (χ4v) is 10.3. The third-order valence-electron chi connectivity index (χ3n) is 6.13. The molecule has 2 aliphatic rings. The maximum atomic E-state index is 11.9. The van der Waals surface area contributed by atoms with Gasteiger partial charge in [-0.05, 0) is 32.1 Å². The summed E-state index contributed by atoms with van der Waals surface area (Å²) in [4.78, 5) is 11.5. The van der Waals surface area contributed by atoms with Gasteiger partial charge in [0.15, 0.2) is 0 Å². The Morgan fingerprint density at radius 2 is 1.96 bits per heavy atom. The molecule has 2 bridgehead atoms. The fourth-order valence-electron chi connectivity index (χ4n) is 4.39. The summed E-state index contributed by atoms with van der Waals surface area (Å²) in [5.41, 5.74) is 0. The number of allylic oxidation sites excluding steroid dienone is 2. The van der Waals surface area contributed by atoms with Crippen LogP contribution in [0.2, 0.25) is 13.1 Å². The number of ether oxygens (including phenoxy) is 1. The number of benzene rings is 1. The van der Waals surface area contributed by atoms with Gasteiger partial charge in [-0.25, -0.2) is 0 Å². The molecule has 0 amide bonds. The lowest BCUT2D eigenvalue weighted by molar-refractivity contribution is -0.146. The first kappa shape index (κ1) is 19.7. The molecule has 2 aliphatic heterocycles. The monoisotopic (exact) mass is 390 g/mol. The van der Waals surface area contributed by atoms with Gasteiger partial charge in [-0.1, -0.05) is 60.8 Å². The zero-order valence-electron chi connectivity index (χ0n) is 16.0. The second-order valence-electron chi connectivity index (χ2n) is 8.05. The predicted molar refractivity (Wildman–Crippen MR) is 111 cm³/mol. The molecule has 0 aromatic heterocycles. The van der Waals surface area contributed by atoms with E-state index in [2.05, 4.69) is 49.5 Å². The average molecular weight is 391 g/mol. The second kappa shape index (κ2) is 7.91. The number of rotatable bonds is 3. The lowest BCUT2D eigenvalue weighted by Crippen LogP contribution is -2.68. The molecule has 4 unspecified atom stereocenters. The van der Waals surface area contributed by atoms with E-state index in [0.717, 1.165) is 32.1 Å². The van der Waals surface area contributed by atoms with Crippen molar-refractivity contribution in [1.29, 1.82) is 0 Å². The molecule has 142 valence electrons. The van der Waals surface area contributed by atoms with Gasteiger partial charge in [0.25, 0.3) is 0 Å². The van der Waals surface area contributed by atoms with E-state index in [1.54, 1.807) is 0 Å². The molecule has 0 spiro atoms. The highest BCUT2D eigenvalue weighted by Crippen LogP contribution is 2.47. The highest BCUT2D eigenvalue weighted by atomic mass is 32.2. The van der Waals surface area contributed by atoms with Crippen LogP contribution in [0.4, 0.5) is 0 Å². The minimum atomic E-state index is -2.10. The van der Waals surface area contributed by atoms with Gasteiger partial charge in [0.1, 0.15) is 14.2 Å². The van der Waals surface area contributed by atoms with Gasteiger partial charge in [-0.15, -0.1) is 11.8 Å². The van der Waals surface area contributed by atoms with Crippen LogP contribution in [0.25, 0.3) is 0 Å². The van der Waals surface area contributed by atoms with Gasteiger partial charge >= 0.3 is 5.97 Å². The van der Waals surface area contributed by atoms with Gasteiger partial charge in [0, 0.05) is 17.4 Å². The Morgan fingerprint density at radius 3 is 2.65 bits per heavy atom. The van der Waals surface area contributed by atoms with Crippen LogP contribution < -0.4 is 5.19 Å². The van der Waals surface area contributed by atoms with Crippen molar-refractivity contribution in [3.05, 3.63) is 42.5 Å². The van der Waals surface area contributed by atoms with Crippen LogP contribution in [0.5, 0.6) is 0 Å². The molecule has 2 heterocycles. The lowest BCUT2D eigenvalue weighted by Gasteiger charge is -2.51. The summed E-state index contributed by atoms with van der Waals surface area (Å²) in [7, 11) is -2.10. The Hall–Kier alpha value is -1.04. The van der Waals surface area contributed by atoms with Crippen molar-refractivity contribution in [2.45, 2.75) is 74.0 Å². The highest BCUT2D eigenvalue weighted by molar-refractivity contribution is 8.00. The minimum Gasteiger partial charge on any atom is -0.461 e.